The van der Waals surface area contributed by atoms with Crippen molar-refractivity contribution in [1.82, 2.24) is 9.97 Å². The first-order valence-corrected chi connectivity index (χ1v) is 8.28. The molecule has 1 aliphatic carbocycles. The Morgan fingerprint density at radius 3 is 2.95 bits per heavy atom. The molecule has 0 radical (unpaired) electrons. The third kappa shape index (κ3) is 3.50. The van der Waals surface area contributed by atoms with Crippen LogP contribution in [0.5, 0.6) is 0 Å². The smallest absolute Gasteiger partial charge is 0.166 e. The van der Waals surface area contributed by atoms with Crippen molar-refractivity contribution in [2.45, 2.75) is 43.3 Å². The van der Waals surface area contributed by atoms with E-state index < -0.39 is 0 Å². The van der Waals surface area contributed by atoms with E-state index in [1.54, 1.807) is 18.0 Å². The molecule has 3 nitrogen and oxygen atoms in total. The molecule has 1 heterocycles. The van der Waals surface area contributed by atoms with Crippen molar-refractivity contribution >= 4 is 17.5 Å². The summed E-state index contributed by atoms with van der Waals surface area (Å²) in [7, 11) is 0. The minimum Gasteiger partial charge on any atom is -0.294 e. The number of carbonyl (C=O) groups is 1. The van der Waals surface area contributed by atoms with Gasteiger partial charge in [0.2, 0.25) is 0 Å². The molecule has 0 aliphatic heterocycles. The van der Waals surface area contributed by atoms with Crippen LogP contribution < -0.4 is 0 Å². The molecule has 0 atom stereocenters. The highest BCUT2D eigenvalue weighted by Gasteiger charge is 2.17. The number of thioether (sulfide) groups is 1. The summed E-state index contributed by atoms with van der Waals surface area (Å²) in [5, 5.41) is 0. The van der Waals surface area contributed by atoms with Crippen LogP contribution in [0.3, 0.4) is 0 Å². The predicted molar refractivity (Wildman–Crippen MR) is 84.7 cm³/mol. The third-order valence-corrected chi connectivity index (χ3v) is 4.63. The highest BCUT2D eigenvalue weighted by molar-refractivity contribution is 7.98. The van der Waals surface area contributed by atoms with Crippen LogP contribution in [0, 0.1) is 6.92 Å². The van der Waals surface area contributed by atoms with Crippen LogP contribution in [0.4, 0.5) is 0 Å². The Labute approximate surface area is 129 Å². The molecule has 1 aromatic heterocycles. The zero-order valence-electron chi connectivity index (χ0n) is 12.1. The maximum atomic E-state index is 11.9. The Kier molecular flexibility index (Phi) is 4.34. The summed E-state index contributed by atoms with van der Waals surface area (Å²) >= 11 is 1.73. The first-order chi connectivity index (χ1) is 10.2. The Morgan fingerprint density at radius 2 is 2.10 bits per heavy atom. The van der Waals surface area contributed by atoms with Crippen LogP contribution in [0.25, 0.3) is 0 Å². The zero-order valence-corrected chi connectivity index (χ0v) is 12.9. The Balaban J connectivity index is 1.75. The lowest BCUT2D eigenvalue weighted by Crippen LogP contribution is -2.06. The van der Waals surface area contributed by atoms with Gasteiger partial charge in [0, 0.05) is 17.5 Å². The number of benzene rings is 1. The molecule has 21 heavy (non-hydrogen) atoms. The van der Waals surface area contributed by atoms with Gasteiger partial charge in [-0.25, -0.2) is 9.97 Å². The Hall–Kier alpha value is -1.68. The van der Waals surface area contributed by atoms with Crippen molar-refractivity contribution < 1.29 is 4.79 Å². The zero-order chi connectivity index (χ0) is 14.7. The lowest BCUT2D eigenvalue weighted by molar-refractivity contribution is 0.0981. The van der Waals surface area contributed by atoms with E-state index in [9.17, 15) is 4.79 Å². The maximum Gasteiger partial charge on any atom is 0.166 e. The van der Waals surface area contributed by atoms with Gasteiger partial charge in [0.05, 0.1) is 17.0 Å². The molecule has 1 aliphatic rings. The van der Waals surface area contributed by atoms with Crippen LogP contribution in [-0.4, -0.2) is 15.8 Å². The van der Waals surface area contributed by atoms with E-state index in [-0.39, 0.29) is 5.78 Å². The van der Waals surface area contributed by atoms with Gasteiger partial charge in [-0.1, -0.05) is 17.7 Å². The standard InChI is InChI=1S/C17H18N2OS/c1-12-5-4-6-13(9-12)21-11-17-18-10-14-15(19-17)7-2-3-8-16(14)20/h4-6,9-10H,2-3,7-8,11H2,1H3. The van der Waals surface area contributed by atoms with E-state index in [1.165, 1.54) is 10.5 Å². The van der Waals surface area contributed by atoms with E-state index in [2.05, 4.69) is 41.2 Å². The number of carbonyl (C=O) groups excluding carboxylic acids is 1. The molecule has 0 bridgehead atoms. The highest BCUT2D eigenvalue weighted by Crippen LogP contribution is 2.24. The Bertz CT molecular complexity index is 670. The van der Waals surface area contributed by atoms with Gasteiger partial charge in [-0.15, -0.1) is 11.8 Å². The number of Topliss-reactive ketones (excluding diaryl/α,β-unsaturated/α-hetero) is 1. The quantitative estimate of drug-likeness (QED) is 0.635. The fraction of sp³-hybridized carbons (Fsp3) is 0.353. The molecule has 0 amide bonds. The van der Waals surface area contributed by atoms with E-state index in [4.69, 9.17) is 0 Å². The summed E-state index contributed by atoms with van der Waals surface area (Å²) in [5.41, 5.74) is 2.93. The minimum atomic E-state index is 0.195. The summed E-state index contributed by atoms with van der Waals surface area (Å²) in [6.45, 7) is 2.09. The first-order valence-electron chi connectivity index (χ1n) is 7.30. The van der Waals surface area contributed by atoms with Gasteiger partial charge in [-0.2, -0.15) is 0 Å². The second kappa shape index (κ2) is 6.39. The molecule has 0 spiro atoms. The monoisotopic (exact) mass is 298 g/mol. The van der Waals surface area contributed by atoms with Gasteiger partial charge in [0.1, 0.15) is 5.82 Å². The first kappa shape index (κ1) is 14.3. The molecular formula is C17H18N2OS. The number of ketones is 1. The van der Waals surface area contributed by atoms with Crippen molar-refractivity contribution in [2.24, 2.45) is 0 Å². The summed E-state index contributed by atoms with van der Waals surface area (Å²) in [6.07, 6.45) is 5.25. The van der Waals surface area contributed by atoms with E-state index in [0.717, 1.165) is 42.1 Å². The second-order valence-corrected chi connectivity index (χ2v) is 6.43. The molecule has 0 saturated heterocycles. The van der Waals surface area contributed by atoms with Gasteiger partial charge in [0.15, 0.2) is 5.78 Å². The molecule has 4 heteroatoms. The van der Waals surface area contributed by atoms with Crippen molar-refractivity contribution in [3.8, 4) is 0 Å². The number of hydrogen-bond donors (Lipinski definition) is 0. The molecule has 0 N–H and O–H groups in total. The van der Waals surface area contributed by atoms with Gasteiger partial charge in [0.25, 0.3) is 0 Å². The SMILES string of the molecule is Cc1cccc(SCc2ncc3c(n2)CCCCC3=O)c1. The topological polar surface area (TPSA) is 42.9 Å². The van der Waals surface area contributed by atoms with Crippen LogP contribution in [0.2, 0.25) is 0 Å². The molecule has 0 unspecified atom stereocenters. The molecule has 0 fully saturated rings. The Morgan fingerprint density at radius 1 is 1.24 bits per heavy atom. The van der Waals surface area contributed by atoms with Gasteiger partial charge < -0.3 is 0 Å². The van der Waals surface area contributed by atoms with Crippen LogP contribution >= 0.6 is 11.8 Å². The van der Waals surface area contributed by atoms with E-state index in [1.807, 2.05) is 0 Å². The minimum absolute atomic E-state index is 0.195. The second-order valence-electron chi connectivity index (χ2n) is 5.38. The summed E-state index contributed by atoms with van der Waals surface area (Å²) in [5.74, 6) is 1.75. The molecule has 3 rings (SSSR count). The summed E-state index contributed by atoms with van der Waals surface area (Å²) < 4.78 is 0. The third-order valence-electron chi connectivity index (χ3n) is 3.64. The largest absolute Gasteiger partial charge is 0.294 e. The normalized spacial score (nSPS) is 14.6. The molecule has 2 aromatic rings. The molecule has 0 saturated carbocycles. The number of nitrogens with zero attached hydrogens (tertiary/aromatic N) is 2. The molecule has 1 aromatic carbocycles. The van der Waals surface area contributed by atoms with E-state index in [0.29, 0.717) is 6.42 Å². The van der Waals surface area contributed by atoms with Gasteiger partial charge >= 0.3 is 0 Å². The summed E-state index contributed by atoms with van der Waals surface area (Å²) in [4.78, 5) is 22.2. The molecule has 108 valence electrons. The predicted octanol–water partition coefficient (Wildman–Crippen LogP) is 3.99. The van der Waals surface area contributed by atoms with Crippen LogP contribution in [-0.2, 0) is 12.2 Å². The van der Waals surface area contributed by atoms with Crippen molar-refractivity contribution in [3.05, 3.63) is 53.1 Å². The number of aryl methyl sites for hydroxylation is 2. The summed E-state index contributed by atoms with van der Waals surface area (Å²) in [6, 6.07) is 8.42. The van der Waals surface area contributed by atoms with Crippen molar-refractivity contribution in [3.63, 3.8) is 0 Å². The number of hydrogen-bond acceptors (Lipinski definition) is 4. The van der Waals surface area contributed by atoms with Gasteiger partial charge in [-0.05, 0) is 38.3 Å². The number of rotatable bonds is 3. The van der Waals surface area contributed by atoms with Crippen molar-refractivity contribution in [1.29, 1.82) is 0 Å². The maximum absolute atomic E-state index is 11.9. The molecular weight excluding hydrogens is 280 g/mol. The fourth-order valence-electron chi connectivity index (χ4n) is 2.52. The van der Waals surface area contributed by atoms with Crippen LogP contribution in [0.1, 0.15) is 46.7 Å². The highest BCUT2D eigenvalue weighted by atomic mass is 32.2. The van der Waals surface area contributed by atoms with E-state index >= 15 is 0 Å². The number of fused-ring (bicyclic) bond motifs is 1. The van der Waals surface area contributed by atoms with Gasteiger partial charge in [-0.3, -0.25) is 4.79 Å². The fourth-order valence-corrected chi connectivity index (χ4v) is 3.40. The lowest BCUT2D eigenvalue weighted by Gasteiger charge is -2.06. The van der Waals surface area contributed by atoms with Crippen LogP contribution in [0.15, 0.2) is 35.4 Å². The average Bonchev–Trinajstić information content (AvgIpc) is 2.67. The van der Waals surface area contributed by atoms with Crippen molar-refractivity contribution in [2.75, 3.05) is 0 Å². The number of aromatic nitrogens is 2. The lowest BCUT2D eigenvalue weighted by atomic mass is 10.1. The average molecular weight is 298 g/mol.